The van der Waals surface area contributed by atoms with Crippen LogP contribution in [0, 0.1) is 0 Å². The number of ether oxygens (including phenoxy) is 6. The van der Waals surface area contributed by atoms with Crippen molar-refractivity contribution >= 4 is 115 Å². The second kappa shape index (κ2) is 28.5. The zero-order valence-electron chi connectivity index (χ0n) is 56.9. The standard InChI is InChI=1S/C65H92Br2N16O7Si4/c1-91(2,3)29-25-87-41-80-53-39-78(37-49(53)70-64(80)57-47-15-13-45(66)33-51(47)82(74-57)43-89-27-31-93(7,8)9)62-59(68-35-55(72-62)76-17-21-85-22-18-76)61(84)60-63(73-56(36-69-60)77-19-23-86-24-20-77)79-38-50-54(40-79)81(42-88-26-30-92(4,5)6)65(71-50)58-48-16-14-46(67)34-52(48)83(75-58)44-90-28-32-94(10,11)12/h13-16,33-36H,17-32,37-44H2,1-12H3. The highest BCUT2D eigenvalue weighted by atomic mass is 79.9. The molecule has 2 saturated heterocycles. The van der Waals surface area contributed by atoms with Gasteiger partial charge in [-0.3, -0.25) is 4.79 Å². The maximum Gasteiger partial charge on any atom is 0.237 e. The SMILES string of the molecule is C[Si](C)(C)CCOCn1c(-c2nn(COCC[Si](C)(C)C)c3cc(Br)ccc23)nc2c1CN(c1nc(N3CCOCC3)cnc1C(=O)c1ncc(N3CCOCC3)nc1N1Cc3nc(-c4nn(COCC[Si](C)(C)C)c5cc(Br)ccc45)n(COCC[Si](C)(C)C)c3C1)C2. The van der Waals surface area contributed by atoms with Crippen molar-refractivity contribution in [2.24, 2.45) is 0 Å². The second-order valence-corrected chi connectivity index (χ2v) is 54.3. The van der Waals surface area contributed by atoms with E-state index in [4.69, 9.17) is 68.5 Å². The van der Waals surface area contributed by atoms with Crippen molar-refractivity contribution in [2.45, 2.75) is 156 Å². The number of hydrogen-bond acceptors (Lipinski definition) is 19. The number of benzene rings is 2. The van der Waals surface area contributed by atoms with Crippen LogP contribution < -0.4 is 19.6 Å². The summed E-state index contributed by atoms with van der Waals surface area (Å²) in [5, 5.41) is 12.4. The van der Waals surface area contributed by atoms with E-state index in [1.165, 1.54) is 0 Å². The Labute approximate surface area is 572 Å². The van der Waals surface area contributed by atoms with E-state index in [-0.39, 0.29) is 24.8 Å². The largest absolute Gasteiger partial charge is 0.378 e. The van der Waals surface area contributed by atoms with E-state index in [0.717, 1.165) is 89.1 Å². The van der Waals surface area contributed by atoms with Crippen molar-refractivity contribution < 1.29 is 33.2 Å². The third kappa shape index (κ3) is 16.0. The van der Waals surface area contributed by atoms with Gasteiger partial charge >= 0.3 is 0 Å². The van der Waals surface area contributed by atoms with Crippen molar-refractivity contribution in [1.29, 1.82) is 0 Å². The Hall–Kier alpha value is -5.58. The van der Waals surface area contributed by atoms with Crippen molar-refractivity contribution in [1.82, 2.24) is 58.6 Å². The first-order chi connectivity index (χ1) is 44.8. The second-order valence-electron chi connectivity index (χ2n) is 30.0. The van der Waals surface area contributed by atoms with Crippen molar-refractivity contribution in [3.05, 3.63) is 91.9 Å². The van der Waals surface area contributed by atoms with Crippen molar-refractivity contribution in [2.75, 3.05) is 98.6 Å². The maximum atomic E-state index is 16.1. The molecule has 0 amide bonds. The molecular formula is C65H92Br2N16O7Si4. The number of nitrogens with zero attached hydrogens (tertiary/aromatic N) is 16. The first kappa shape index (κ1) is 68.4. The van der Waals surface area contributed by atoms with Crippen LogP contribution >= 0.6 is 31.9 Å². The zero-order valence-corrected chi connectivity index (χ0v) is 64.0. The fourth-order valence-electron chi connectivity index (χ4n) is 11.9. The van der Waals surface area contributed by atoms with E-state index in [1.54, 1.807) is 12.4 Å². The third-order valence-corrected chi connectivity index (χ3v) is 25.4. The number of anilines is 4. The predicted molar refractivity (Wildman–Crippen MR) is 387 cm³/mol. The summed E-state index contributed by atoms with van der Waals surface area (Å²) in [7, 11) is -5.51. The quantitative estimate of drug-likeness (QED) is 0.0254. The molecule has 4 aliphatic rings. The number of ketones is 1. The van der Waals surface area contributed by atoms with E-state index in [9.17, 15) is 0 Å². The van der Waals surface area contributed by atoms with Gasteiger partial charge in [-0.25, -0.2) is 39.3 Å². The number of imidazole rings is 2. The molecule has 12 rings (SSSR count). The van der Waals surface area contributed by atoms with Crippen LogP contribution in [-0.2, 0) is 81.5 Å². The first-order valence-corrected chi connectivity index (χ1v) is 49.5. The van der Waals surface area contributed by atoms with Gasteiger partial charge in [0.1, 0.15) is 49.9 Å². The Morgan fingerprint density at radius 1 is 0.479 bits per heavy atom. The van der Waals surface area contributed by atoms with Crippen LogP contribution in [0.4, 0.5) is 23.3 Å². The number of fused-ring (bicyclic) bond motifs is 4. The molecule has 0 spiro atoms. The average molecular weight is 1480 g/mol. The van der Waals surface area contributed by atoms with Crippen LogP contribution in [-0.4, -0.2) is 176 Å². The molecule has 2 aromatic carbocycles. The summed E-state index contributed by atoms with van der Waals surface area (Å²) in [6.07, 6.45) is 3.42. The van der Waals surface area contributed by atoms with E-state index < -0.39 is 38.1 Å². The Morgan fingerprint density at radius 2 is 0.840 bits per heavy atom. The number of aromatic nitrogens is 12. The number of carbonyl (C=O) groups excluding carboxylic acids is 1. The van der Waals surface area contributed by atoms with Crippen molar-refractivity contribution in [3.8, 4) is 23.0 Å². The molecule has 0 aliphatic carbocycles. The zero-order chi connectivity index (χ0) is 66.3. The van der Waals surface area contributed by atoms with Crippen LogP contribution in [0.1, 0.15) is 39.0 Å². The van der Waals surface area contributed by atoms with Crippen LogP contribution in [0.2, 0.25) is 103 Å². The van der Waals surface area contributed by atoms with Gasteiger partial charge in [-0.1, -0.05) is 110 Å². The van der Waals surface area contributed by atoms with Gasteiger partial charge in [0.05, 0.1) is 98.8 Å². The van der Waals surface area contributed by atoms with Crippen molar-refractivity contribution in [3.63, 3.8) is 0 Å². The average Bonchev–Trinajstić information content (AvgIpc) is 1.56. The molecule has 94 heavy (non-hydrogen) atoms. The highest BCUT2D eigenvalue weighted by molar-refractivity contribution is 9.10. The predicted octanol–water partition coefficient (Wildman–Crippen LogP) is 12.4. The highest BCUT2D eigenvalue weighted by Crippen LogP contribution is 2.40. The molecule has 6 aromatic heterocycles. The van der Waals surface area contributed by atoms with Gasteiger partial charge in [0, 0.05) is 105 Å². The summed E-state index contributed by atoms with van der Waals surface area (Å²) in [6.45, 7) is 38.2. The van der Waals surface area contributed by atoms with Gasteiger partial charge in [-0.2, -0.15) is 10.2 Å². The minimum Gasteiger partial charge on any atom is -0.378 e. The monoisotopic (exact) mass is 1480 g/mol. The van der Waals surface area contributed by atoms with Gasteiger partial charge in [0.25, 0.3) is 0 Å². The summed E-state index contributed by atoms with van der Waals surface area (Å²) < 4.78 is 47.6. The summed E-state index contributed by atoms with van der Waals surface area (Å²) in [5.74, 6) is 3.19. The summed E-state index contributed by atoms with van der Waals surface area (Å²) in [5.41, 5.74) is 7.28. The fourth-order valence-corrected chi connectivity index (χ4v) is 15.6. The lowest BCUT2D eigenvalue weighted by Gasteiger charge is -2.30. The number of morpholine rings is 2. The summed E-state index contributed by atoms with van der Waals surface area (Å²) in [6, 6.07) is 16.6. The molecule has 23 nitrogen and oxygen atoms in total. The molecule has 10 heterocycles. The molecule has 0 atom stereocenters. The normalized spacial score (nSPS) is 15.8. The maximum absolute atomic E-state index is 16.1. The third-order valence-electron chi connectivity index (χ3n) is 17.6. The molecule has 0 N–H and O–H groups in total. The molecule has 2 fully saturated rings. The fraction of sp³-hybridized carbons (Fsp3) is 0.554. The number of carbonyl (C=O) groups is 1. The lowest BCUT2D eigenvalue weighted by Crippen LogP contribution is -2.37. The molecule has 0 radical (unpaired) electrons. The molecule has 504 valence electrons. The van der Waals surface area contributed by atoms with E-state index >= 15 is 4.79 Å². The highest BCUT2D eigenvalue weighted by Gasteiger charge is 2.38. The van der Waals surface area contributed by atoms with Crippen LogP contribution in [0.15, 0.2) is 57.7 Å². The topological polar surface area (TPSA) is 208 Å². The van der Waals surface area contributed by atoms with Gasteiger partial charge in [-0.05, 0) is 60.6 Å². The number of rotatable bonds is 28. The first-order valence-electron chi connectivity index (χ1n) is 33.1. The minimum atomic E-state index is -1.43. The van der Waals surface area contributed by atoms with E-state index in [0.29, 0.717) is 154 Å². The van der Waals surface area contributed by atoms with E-state index in [2.05, 4.69) is 163 Å². The Morgan fingerprint density at radius 3 is 1.20 bits per heavy atom. The molecular weight excluding hydrogens is 1390 g/mol. The Kier molecular flexibility index (Phi) is 20.7. The van der Waals surface area contributed by atoms with Gasteiger partial charge in [0.2, 0.25) is 5.78 Å². The molecule has 4 aliphatic heterocycles. The number of hydrogen-bond donors (Lipinski definition) is 0. The molecule has 0 bridgehead atoms. The Balaban J connectivity index is 0.910. The lowest BCUT2D eigenvalue weighted by atomic mass is 10.1. The Bertz CT molecular complexity index is 3780. The lowest BCUT2D eigenvalue weighted by molar-refractivity contribution is 0.0813. The smallest absolute Gasteiger partial charge is 0.237 e. The molecule has 8 aromatic rings. The summed E-state index contributed by atoms with van der Waals surface area (Å²) >= 11 is 7.47. The van der Waals surface area contributed by atoms with Gasteiger partial charge in [0.15, 0.2) is 34.7 Å². The van der Waals surface area contributed by atoms with Gasteiger partial charge in [-0.15, -0.1) is 0 Å². The summed E-state index contributed by atoms with van der Waals surface area (Å²) in [4.78, 5) is 56.6. The molecule has 29 heteroatoms. The minimum absolute atomic E-state index is 0.162. The van der Waals surface area contributed by atoms with E-state index in [1.807, 2.05) is 21.5 Å². The van der Waals surface area contributed by atoms with Crippen LogP contribution in [0.3, 0.4) is 0 Å². The number of halogens is 2. The van der Waals surface area contributed by atoms with Gasteiger partial charge < -0.3 is 57.2 Å². The van der Waals surface area contributed by atoms with Crippen LogP contribution in [0.5, 0.6) is 0 Å². The molecule has 0 unspecified atom stereocenters. The molecule has 0 saturated carbocycles. The van der Waals surface area contributed by atoms with Crippen LogP contribution in [0.25, 0.3) is 44.8 Å².